The standard InChI is InChI=1S/C11H20N2O3/c1-3-12-9(2)5-4-6-13-10(14)7-16-8-11(13)15/h9,12H,3-8H2,1-2H3. The van der Waals surface area contributed by atoms with E-state index in [4.69, 9.17) is 4.74 Å². The van der Waals surface area contributed by atoms with Crippen molar-refractivity contribution >= 4 is 11.8 Å². The fourth-order valence-electron chi connectivity index (χ4n) is 1.78. The first-order valence-corrected chi connectivity index (χ1v) is 5.79. The average Bonchev–Trinajstić information content (AvgIpc) is 2.23. The zero-order valence-electron chi connectivity index (χ0n) is 9.99. The fraction of sp³-hybridized carbons (Fsp3) is 0.818. The Morgan fingerprint density at radius 3 is 2.56 bits per heavy atom. The lowest BCUT2D eigenvalue weighted by Gasteiger charge is -2.25. The minimum Gasteiger partial charge on any atom is -0.362 e. The van der Waals surface area contributed by atoms with Gasteiger partial charge < -0.3 is 10.1 Å². The SMILES string of the molecule is CCNC(C)CCCN1C(=O)COCC1=O. The van der Waals surface area contributed by atoms with Gasteiger partial charge in [-0.3, -0.25) is 14.5 Å². The maximum atomic E-state index is 11.4. The van der Waals surface area contributed by atoms with Crippen LogP contribution >= 0.6 is 0 Å². The molecule has 0 spiro atoms. The fourth-order valence-corrected chi connectivity index (χ4v) is 1.78. The lowest BCUT2D eigenvalue weighted by molar-refractivity contribution is -0.158. The third kappa shape index (κ3) is 3.90. The van der Waals surface area contributed by atoms with Gasteiger partial charge in [-0.05, 0) is 26.3 Å². The zero-order chi connectivity index (χ0) is 12.0. The number of hydrogen-bond acceptors (Lipinski definition) is 4. The number of nitrogens with one attached hydrogen (secondary N) is 1. The van der Waals surface area contributed by atoms with Crippen LogP contribution in [-0.2, 0) is 14.3 Å². The Morgan fingerprint density at radius 2 is 2.00 bits per heavy atom. The van der Waals surface area contributed by atoms with Crippen molar-refractivity contribution in [3.8, 4) is 0 Å². The molecule has 1 unspecified atom stereocenters. The molecule has 0 saturated carbocycles. The smallest absolute Gasteiger partial charge is 0.255 e. The topological polar surface area (TPSA) is 58.6 Å². The highest BCUT2D eigenvalue weighted by atomic mass is 16.5. The summed E-state index contributed by atoms with van der Waals surface area (Å²) in [6.07, 6.45) is 1.80. The van der Waals surface area contributed by atoms with E-state index in [1.54, 1.807) is 0 Å². The molecule has 1 fully saturated rings. The Bertz CT molecular complexity index is 240. The van der Waals surface area contributed by atoms with E-state index in [9.17, 15) is 9.59 Å². The average molecular weight is 228 g/mol. The summed E-state index contributed by atoms with van der Waals surface area (Å²) in [5.74, 6) is -0.431. The Labute approximate surface area is 96.1 Å². The van der Waals surface area contributed by atoms with Crippen LogP contribution in [-0.4, -0.2) is 49.1 Å². The molecule has 1 N–H and O–H groups in total. The molecule has 0 bridgehead atoms. The van der Waals surface area contributed by atoms with Crippen molar-refractivity contribution in [3.63, 3.8) is 0 Å². The molecule has 1 saturated heterocycles. The van der Waals surface area contributed by atoms with Crippen LogP contribution in [0.15, 0.2) is 0 Å². The molecule has 0 radical (unpaired) electrons. The molecular formula is C11H20N2O3. The van der Waals surface area contributed by atoms with E-state index in [1.165, 1.54) is 4.90 Å². The predicted molar refractivity (Wildman–Crippen MR) is 59.9 cm³/mol. The van der Waals surface area contributed by atoms with Gasteiger partial charge in [-0.15, -0.1) is 0 Å². The first-order valence-electron chi connectivity index (χ1n) is 5.79. The number of morpholine rings is 1. The maximum absolute atomic E-state index is 11.4. The summed E-state index contributed by atoms with van der Waals surface area (Å²) in [6, 6.07) is 0.427. The number of imide groups is 1. The summed E-state index contributed by atoms with van der Waals surface area (Å²) < 4.78 is 4.84. The van der Waals surface area contributed by atoms with Crippen molar-refractivity contribution < 1.29 is 14.3 Å². The number of hydrogen-bond donors (Lipinski definition) is 1. The van der Waals surface area contributed by atoms with Gasteiger partial charge in [0.1, 0.15) is 13.2 Å². The summed E-state index contributed by atoms with van der Waals surface area (Å²) >= 11 is 0. The van der Waals surface area contributed by atoms with Crippen LogP contribution in [0.1, 0.15) is 26.7 Å². The molecule has 1 heterocycles. The van der Waals surface area contributed by atoms with E-state index in [-0.39, 0.29) is 25.0 Å². The van der Waals surface area contributed by atoms with E-state index in [1.807, 2.05) is 0 Å². The van der Waals surface area contributed by atoms with Gasteiger partial charge in [0.15, 0.2) is 0 Å². The van der Waals surface area contributed by atoms with Crippen molar-refractivity contribution in [2.75, 3.05) is 26.3 Å². The molecule has 5 nitrogen and oxygen atoms in total. The summed E-state index contributed by atoms with van der Waals surface area (Å²) in [5, 5.41) is 3.29. The van der Waals surface area contributed by atoms with Gasteiger partial charge in [0, 0.05) is 12.6 Å². The highest BCUT2D eigenvalue weighted by molar-refractivity contribution is 5.98. The predicted octanol–water partition coefficient (Wildman–Crippen LogP) is 0.150. The van der Waals surface area contributed by atoms with Crippen LogP contribution in [0.2, 0.25) is 0 Å². The zero-order valence-corrected chi connectivity index (χ0v) is 9.99. The van der Waals surface area contributed by atoms with Crippen molar-refractivity contribution in [2.45, 2.75) is 32.7 Å². The third-order valence-corrected chi connectivity index (χ3v) is 2.62. The molecule has 0 aromatic rings. The number of carbonyl (C=O) groups is 2. The summed E-state index contributed by atoms with van der Waals surface area (Å²) in [5.41, 5.74) is 0. The van der Waals surface area contributed by atoms with Crippen LogP contribution in [0.25, 0.3) is 0 Å². The van der Waals surface area contributed by atoms with Gasteiger partial charge in [0.25, 0.3) is 11.8 Å². The molecule has 92 valence electrons. The Hall–Kier alpha value is -0.940. The summed E-state index contributed by atoms with van der Waals surface area (Å²) in [7, 11) is 0. The van der Waals surface area contributed by atoms with Gasteiger partial charge in [0.05, 0.1) is 0 Å². The van der Waals surface area contributed by atoms with Crippen LogP contribution < -0.4 is 5.32 Å². The number of rotatable bonds is 6. The van der Waals surface area contributed by atoms with E-state index in [2.05, 4.69) is 19.2 Å². The molecule has 16 heavy (non-hydrogen) atoms. The molecule has 2 amide bonds. The van der Waals surface area contributed by atoms with Crippen molar-refractivity contribution in [1.82, 2.24) is 10.2 Å². The monoisotopic (exact) mass is 228 g/mol. The molecular weight excluding hydrogens is 208 g/mol. The molecule has 0 aliphatic carbocycles. The summed E-state index contributed by atoms with van der Waals surface area (Å²) in [4.78, 5) is 24.0. The molecule has 1 atom stereocenters. The van der Waals surface area contributed by atoms with Gasteiger partial charge in [-0.2, -0.15) is 0 Å². The van der Waals surface area contributed by atoms with Crippen LogP contribution in [0.3, 0.4) is 0 Å². The van der Waals surface area contributed by atoms with Gasteiger partial charge in [-0.25, -0.2) is 0 Å². The lowest BCUT2D eigenvalue weighted by Crippen LogP contribution is -2.46. The summed E-state index contributed by atoms with van der Waals surface area (Å²) in [6.45, 7) is 5.69. The van der Waals surface area contributed by atoms with E-state index < -0.39 is 0 Å². The molecule has 1 aliphatic rings. The molecule has 0 aromatic carbocycles. The number of ether oxygens (including phenoxy) is 1. The lowest BCUT2D eigenvalue weighted by atomic mass is 10.1. The third-order valence-electron chi connectivity index (χ3n) is 2.62. The second-order valence-corrected chi connectivity index (χ2v) is 4.03. The van der Waals surface area contributed by atoms with Crippen molar-refractivity contribution in [2.24, 2.45) is 0 Å². The first kappa shape index (κ1) is 13.1. The van der Waals surface area contributed by atoms with Crippen molar-refractivity contribution in [3.05, 3.63) is 0 Å². The largest absolute Gasteiger partial charge is 0.362 e. The normalized spacial score (nSPS) is 19.0. The first-order chi connectivity index (χ1) is 7.65. The second-order valence-electron chi connectivity index (χ2n) is 4.03. The molecule has 0 aromatic heterocycles. The van der Waals surface area contributed by atoms with Gasteiger partial charge >= 0.3 is 0 Å². The van der Waals surface area contributed by atoms with Crippen LogP contribution in [0.5, 0.6) is 0 Å². The highest BCUT2D eigenvalue weighted by Gasteiger charge is 2.25. The molecule has 5 heteroatoms. The quantitative estimate of drug-likeness (QED) is 0.657. The Kier molecular flexibility index (Phi) is 5.42. The van der Waals surface area contributed by atoms with Crippen molar-refractivity contribution in [1.29, 1.82) is 0 Å². The number of nitrogens with zero attached hydrogens (tertiary/aromatic N) is 1. The molecule has 1 rings (SSSR count). The van der Waals surface area contributed by atoms with E-state index in [0.717, 1.165) is 19.4 Å². The van der Waals surface area contributed by atoms with Crippen LogP contribution in [0, 0.1) is 0 Å². The Morgan fingerprint density at radius 1 is 1.38 bits per heavy atom. The highest BCUT2D eigenvalue weighted by Crippen LogP contribution is 2.04. The van der Waals surface area contributed by atoms with Gasteiger partial charge in [0.2, 0.25) is 0 Å². The minimum atomic E-state index is -0.215. The van der Waals surface area contributed by atoms with E-state index >= 15 is 0 Å². The maximum Gasteiger partial charge on any atom is 0.255 e. The molecule has 1 aliphatic heterocycles. The van der Waals surface area contributed by atoms with Gasteiger partial charge in [-0.1, -0.05) is 6.92 Å². The van der Waals surface area contributed by atoms with Crippen LogP contribution in [0.4, 0.5) is 0 Å². The number of carbonyl (C=O) groups excluding carboxylic acids is 2. The van der Waals surface area contributed by atoms with E-state index in [0.29, 0.717) is 12.6 Å². The minimum absolute atomic E-state index is 0.0362. The Balaban J connectivity index is 2.25. The number of amides is 2. The second kappa shape index (κ2) is 6.60.